The first kappa shape index (κ1) is 14.2. The van der Waals surface area contributed by atoms with E-state index < -0.39 is 0 Å². The van der Waals surface area contributed by atoms with E-state index in [1.54, 1.807) is 12.1 Å². The van der Waals surface area contributed by atoms with Gasteiger partial charge >= 0.3 is 0 Å². The number of nitrogens with two attached hydrogens (primary N) is 1. The van der Waals surface area contributed by atoms with E-state index in [9.17, 15) is 0 Å². The lowest BCUT2D eigenvalue weighted by Crippen LogP contribution is -2.00. The Labute approximate surface area is 123 Å². The molecule has 2 rings (SSSR count). The number of nitrogens with zero attached hydrogens (tertiary/aromatic N) is 1. The van der Waals surface area contributed by atoms with E-state index in [0.717, 1.165) is 22.4 Å². The van der Waals surface area contributed by atoms with Gasteiger partial charge in [0.25, 0.3) is 0 Å². The molecule has 20 heavy (non-hydrogen) atoms. The monoisotopic (exact) mass is 286 g/mol. The van der Waals surface area contributed by atoms with Gasteiger partial charge in [0.1, 0.15) is 12.4 Å². The van der Waals surface area contributed by atoms with E-state index in [2.05, 4.69) is 6.07 Å². The highest BCUT2D eigenvalue weighted by Crippen LogP contribution is 2.27. The van der Waals surface area contributed by atoms with Crippen molar-refractivity contribution in [3.05, 3.63) is 57.6 Å². The molecule has 0 atom stereocenters. The highest BCUT2D eigenvalue weighted by atomic mass is 35.5. The minimum absolute atomic E-state index is 0.368. The predicted octanol–water partition coefficient (Wildman–Crippen LogP) is 3.99. The van der Waals surface area contributed by atoms with E-state index in [0.29, 0.717) is 22.9 Å². The van der Waals surface area contributed by atoms with Crippen LogP contribution in [0.25, 0.3) is 0 Å². The number of nitriles is 1. The molecule has 4 heteroatoms. The Morgan fingerprint density at radius 2 is 1.85 bits per heavy atom. The fourth-order valence-electron chi connectivity index (χ4n) is 2.07. The van der Waals surface area contributed by atoms with Gasteiger partial charge < -0.3 is 10.5 Å². The normalized spacial score (nSPS) is 10.1. The van der Waals surface area contributed by atoms with Crippen LogP contribution < -0.4 is 10.5 Å². The summed E-state index contributed by atoms with van der Waals surface area (Å²) in [5.41, 5.74) is 9.68. The van der Waals surface area contributed by atoms with Crippen molar-refractivity contribution in [1.29, 1.82) is 5.26 Å². The van der Waals surface area contributed by atoms with Crippen molar-refractivity contribution in [1.82, 2.24) is 0 Å². The van der Waals surface area contributed by atoms with Crippen LogP contribution in [0.4, 0.5) is 5.69 Å². The zero-order valence-electron chi connectivity index (χ0n) is 11.4. The van der Waals surface area contributed by atoms with Crippen molar-refractivity contribution in [3.8, 4) is 11.8 Å². The van der Waals surface area contributed by atoms with Gasteiger partial charge in [0, 0.05) is 16.3 Å². The maximum Gasteiger partial charge on any atom is 0.125 e. The summed E-state index contributed by atoms with van der Waals surface area (Å²) in [5, 5.41) is 9.52. The van der Waals surface area contributed by atoms with Crippen molar-refractivity contribution in [2.45, 2.75) is 20.5 Å². The smallest absolute Gasteiger partial charge is 0.125 e. The van der Waals surface area contributed by atoms with Crippen LogP contribution >= 0.6 is 11.6 Å². The Kier molecular flexibility index (Phi) is 4.16. The molecule has 0 aliphatic carbocycles. The number of ether oxygens (including phenoxy) is 1. The molecule has 0 radical (unpaired) electrons. The van der Waals surface area contributed by atoms with Crippen molar-refractivity contribution in [2.24, 2.45) is 0 Å². The van der Waals surface area contributed by atoms with E-state index in [4.69, 9.17) is 27.3 Å². The zero-order chi connectivity index (χ0) is 14.7. The number of halogens is 1. The molecule has 0 spiro atoms. The molecule has 0 aliphatic rings. The van der Waals surface area contributed by atoms with Gasteiger partial charge in [-0.15, -0.1) is 0 Å². The highest BCUT2D eigenvalue weighted by Gasteiger charge is 2.08. The van der Waals surface area contributed by atoms with Gasteiger partial charge in [0.2, 0.25) is 0 Å². The molecule has 0 bridgehead atoms. The molecule has 0 heterocycles. The summed E-state index contributed by atoms with van der Waals surface area (Å²) in [6, 6.07) is 11.1. The van der Waals surface area contributed by atoms with E-state index in [1.165, 1.54) is 0 Å². The summed E-state index contributed by atoms with van der Waals surface area (Å²) >= 11 is 6.12. The molecule has 0 aromatic heterocycles. The van der Waals surface area contributed by atoms with Crippen molar-refractivity contribution >= 4 is 17.3 Å². The van der Waals surface area contributed by atoms with Crippen LogP contribution in [-0.4, -0.2) is 0 Å². The van der Waals surface area contributed by atoms with Crippen LogP contribution in [0, 0.1) is 25.2 Å². The number of aryl methyl sites for hydroxylation is 2. The van der Waals surface area contributed by atoms with Crippen molar-refractivity contribution < 1.29 is 4.74 Å². The summed E-state index contributed by atoms with van der Waals surface area (Å²) < 4.78 is 5.84. The Morgan fingerprint density at radius 1 is 1.20 bits per heavy atom. The first-order valence-corrected chi connectivity index (χ1v) is 6.57. The van der Waals surface area contributed by atoms with E-state index in [1.807, 2.05) is 32.0 Å². The fourth-order valence-corrected chi connectivity index (χ4v) is 2.32. The van der Waals surface area contributed by atoms with Gasteiger partial charge in [0.05, 0.1) is 11.6 Å². The third-order valence-electron chi connectivity index (χ3n) is 3.04. The minimum Gasteiger partial charge on any atom is -0.488 e. The van der Waals surface area contributed by atoms with Gasteiger partial charge in [-0.3, -0.25) is 0 Å². The van der Waals surface area contributed by atoms with Crippen LogP contribution in [0.2, 0.25) is 5.02 Å². The summed E-state index contributed by atoms with van der Waals surface area (Å²) in [4.78, 5) is 0. The quantitative estimate of drug-likeness (QED) is 0.868. The minimum atomic E-state index is 0.368. The number of rotatable bonds is 3. The summed E-state index contributed by atoms with van der Waals surface area (Å²) in [5.74, 6) is 0.789. The van der Waals surface area contributed by atoms with Crippen LogP contribution in [0.3, 0.4) is 0 Å². The third kappa shape index (κ3) is 3.04. The Balaban J connectivity index is 2.21. The van der Waals surface area contributed by atoms with Crippen LogP contribution in [-0.2, 0) is 6.61 Å². The van der Waals surface area contributed by atoms with Crippen molar-refractivity contribution in [3.63, 3.8) is 0 Å². The summed E-state index contributed by atoms with van der Waals surface area (Å²) in [6.45, 7) is 4.22. The lowest BCUT2D eigenvalue weighted by molar-refractivity contribution is 0.302. The second-order valence-corrected chi connectivity index (χ2v) is 5.10. The van der Waals surface area contributed by atoms with Crippen LogP contribution in [0.1, 0.15) is 22.3 Å². The molecule has 102 valence electrons. The second kappa shape index (κ2) is 5.85. The molecular weight excluding hydrogens is 272 g/mol. The maximum absolute atomic E-state index is 8.93. The predicted molar refractivity (Wildman–Crippen MR) is 80.8 cm³/mol. The number of anilines is 1. The Hall–Kier alpha value is -2.18. The van der Waals surface area contributed by atoms with Gasteiger partial charge in [-0.05, 0) is 49.2 Å². The Bertz CT molecular complexity index is 666. The molecule has 3 nitrogen and oxygen atoms in total. The van der Waals surface area contributed by atoms with Crippen molar-refractivity contribution in [2.75, 3.05) is 5.73 Å². The molecule has 2 aromatic rings. The SMILES string of the molecule is Cc1cc(C#N)cc(C)c1OCc1ccc(N)cc1Cl. The topological polar surface area (TPSA) is 59.0 Å². The number of hydrogen-bond acceptors (Lipinski definition) is 3. The van der Waals surface area contributed by atoms with Crippen LogP contribution in [0.5, 0.6) is 5.75 Å². The largest absolute Gasteiger partial charge is 0.488 e. The molecule has 2 aromatic carbocycles. The lowest BCUT2D eigenvalue weighted by atomic mass is 10.1. The standard InChI is InChI=1S/C16H15ClN2O/c1-10-5-12(8-18)6-11(2)16(10)20-9-13-3-4-14(19)7-15(13)17/h3-7H,9,19H2,1-2H3. The molecule has 0 saturated heterocycles. The van der Waals surface area contributed by atoms with Gasteiger partial charge in [-0.2, -0.15) is 5.26 Å². The lowest BCUT2D eigenvalue weighted by Gasteiger charge is -2.13. The number of hydrogen-bond donors (Lipinski definition) is 1. The second-order valence-electron chi connectivity index (χ2n) is 4.69. The molecule has 2 N–H and O–H groups in total. The molecular formula is C16H15ClN2O. The fraction of sp³-hybridized carbons (Fsp3) is 0.188. The van der Waals surface area contributed by atoms with Gasteiger partial charge in [0.15, 0.2) is 0 Å². The molecule has 0 aliphatic heterocycles. The average molecular weight is 287 g/mol. The molecule has 0 saturated carbocycles. The molecule has 0 amide bonds. The maximum atomic E-state index is 8.93. The van der Waals surface area contributed by atoms with E-state index >= 15 is 0 Å². The first-order valence-electron chi connectivity index (χ1n) is 6.19. The number of benzene rings is 2. The average Bonchev–Trinajstić information content (AvgIpc) is 2.39. The summed E-state index contributed by atoms with van der Waals surface area (Å²) in [7, 11) is 0. The summed E-state index contributed by atoms with van der Waals surface area (Å²) in [6.07, 6.45) is 0. The number of nitrogen functional groups attached to an aromatic ring is 1. The van der Waals surface area contributed by atoms with Gasteiger partial charge in [-0.1, -0.05) is 17.7 Å². The molecule has 0 fully saturated rings. The van der Waals surface area contributed by atoms with Crippen LogP contribution in [0.15, 0.2) is 30.3 Å². The Morgan fingerprint density at radius 3 is 2.40 bits per heavy atom. The van der Waals surface area contributed by atoms with E-state index in [-0.39, 0.29) is 0 Å². The first-order chi connectivity index (χ1) is 9.51. The van der Waals surface area contributed by atoms with Gasteiger partial charge in [-0.25, -0.2) is 0 Å². The zero-order valence-corrected chi connectivity index (χ0v) is 12.2. The highest BCUT2D eigenvalue weighted by molar-refractivity contribution is 6.31. The third-order valence-corrected chi connectivity index (χ3v) is 3.39. The molecule has 0 unspecified atom stereocenters.